The van der Waals surface area contributed by atoms with Crippen LogP contribution in [0.25, 0.3) is 0 Å². The molecular formula is C17H21NO2. The van der Waals surface area contributed by atoms with Gasteiger partial charge in [-0.05, 0) is 50.3 Å². The summed E-state index contributed by atoms with van der Waals surface area (Å²) in [5.74, 6) is 0.769. The van der Waals surface area contributed by atoms with Crippen molar-refractivity contribution in [3.63, 3.8) is 0 Å². The number of carbonyl (C=O) groups is 2. The molecule has 0 heterocycles. The molecule has 2 atom stereocenters. The highest BCUT2D eigenvalue weighted by molar-refractivity contribution is 5.95. The molecule has 2 saturated carbocycles. The second-order valence-electron chi connectivity index (χ2n) is 6.25. The number of ketones is 1. The second kappa shape index (κ2) is 5.39. The largest absolute Gasteiger partial charge is 0.326 e. The molecular weight excluding hydrogens is 250 g/mol. The van der Waals surface area contributed by atoms with Crippen LogP contribution in [0.4, 0.5) is 5.69 Å². The summed E-state index contributed by atoms with van der Waals surface area (Å²) < 4.78 is 0. The van der Waals surface area contributed by atoms with Gasteiger partial charge in [-0.25, -0.2) is 0 Å². The molecule has 2 bridgehead atoms. The molecule has 1 amide bonds. The molecule has 1 aromatic carbocycles. The summed E-state index contributed by atoms with van der Waals surface area (Å²) in [6, 6.07) is 7.86. The molecule has 0 aliphatic heterocycles. The van der Waals surface area contributed by atoms with Crippen molar-refractivity contribution in [3.8, 4) is 0 Å². The van der Waals surface area contributed by atoms with Crippen LogP contribution in [0.2, 0.25) is 0 Å². The van der Waals surface area contributed by atoms with Gasteiger partial charge in [0.05, 0.1) is 0 Å². The minimum atomic E-state index is 0.00325. The second-order valence-corrected chi connectivity index (χ2v) is 6.25. The number of hydrogen-bond donors (Lipinski definition) is 1. The molecule has 1 N–H and O–H groups in total. The predicted molar refractivity (Wildman–Crippen MR) is 78.4 cm³/mol. The molecule has 106 valence electrons. The van der Waals surface area contributed by atoms with E-state index in [2.05, 4.69) is 5.32 Å². The van der Waals surface area contributed by atoms with E-state index < -0.39 is 0 Å². The highest BCUT2D eigenvalue weighted by Crippen LogP contribution is 2.40. The van der Waals surface area contributed by atoms with Crippen molar-refractivity contribution in [1.82, 2.24) is 0 Å². The van der Waals surface area contributed by atoms with E-state index in [1.165, 1.54) is 0 Å². The lowest BCUT2D eigenvalue weighted by Crippen LogP contribution is -2.40. The van der Waals surface area contributed by atoms with Gasteiger partial charge in [0.2, 0.25) is 5.91 Å². The van der Waals surface area contributed by atoms with E-state index >= 15 is 0 Å². The van der Waals surface area contributed by atoms with E-state index in [1.54, 1.807) is 0 Å². The number of anilines is 1. The van der Waals surface area contributed by atoms with E-state index in [0.717, 1.165) is 43.4 Å². The van der Waals surface area contributed by atoms with Gasteiger partial charge < -0.3 is 5.32 Å². The maximum Gasteiger partial charge on any atom is 0.227 e. The summed E-state index contributed by atoms with van der Waals surface area (Å²) >= 11 is 0. The number of nitrogens with one attached hydrogen (secondary N) is 1. The Hall–Kier alpha value is -1.64. The van der Waals surface area contributed by atoms with E-state index in [0.29, 0.717) is 5.78 Å². The van der Waals surface area contributed by atoms with Gasteiger partial charge in [-0.15, -0.1) is 0 Å². The molecule has 2 aliphatic rings. The van der Waals surface area contributed by atoms with Crippen LogP contribution < -0.4 is 5.32 Å². The SMILES string of the molecule is Cc1cccc(NC(=O)C2C[C@H]3CCC[C@H](C2)C3=O)c1. The highest BCUT2D eigenvalue weighted by atomic mass is 16.2. The smallest absolute Gasteiger partial charge is 0.227 e. The molecule has 3 rings (SSSR count). The summed E-state index contributed by atoms with van der Waals surface area (Å²) in [7, 11) is 0. The highest BCUT2D eigenvalue weighted by Gasteiger charge is 2.41. The number of aryl methyl sites for hydroxylation is 1. The molecule has 0 saturated heterocycles. The third kappa shape index (κ3) is 2.62. The Morgan fingerprint density at radius 1 is 1.20 bits per heavy atom. The molecule has 2 fully saturated rings. The Labute approximate surface area is 119 Å². The number of benzene rings is 1. The van der Waals surface area contributed by atoms with Crippen LogP contribution in [-0.2, 0) is 9.59 Å². The molecule has 0 aromatic heterocycles. The minimum Gasteiger partial charge on any atom is -0.326 e. The van der Waals surface area contributed by atoms with Crippen LogP contribution in [0.5, 0.6) is 0 Å². The van der Waals surface area contributed by atoms with Crippen molar-refractivity contribution in [3.05, 3.63) is 29.8 Å². The number of amides is 1. The first-order valence-corrected chi connectivity index (χ1v) is 7.55. The first-order valence-electron chi connectivity index (χ1n) is 7.55. The zero-order valence-corrected chi connectivity index (χ0v) is 11.9. The van der Waals surface area contributed by atoms with Gasteiger partial charge in [0, 0.05) is 23.4 Å². The lowest BCUT2D eigenvalue weighted by Gasteiger charge is -2.36. The Bertz CT molecular complexity index is 522. The number of fused-ring (bicyclic) bond motifs is 2. The molecule has 1 aromatic rings. The Balaban J connectivity index is 1.67. The van der Waals surface area contributed by atoms with Crippen molar-refractivity contribution in [2.45, 2.75) is 39.0 Å². The fraction of sp³-hybridized carbons (Fsp3) is 0.529. The Kier molecular flexibility index (Phi) is 3.60. The number of rotatable bonds is 2. The van der Waals surface area contributed by atoms with E-state index in [-0.39, 0.29) is 23.7 Å². The third-order valence-electron chi connectivity index (χ3n) is 4.70. The van der Waals surface area contributed by atoms with Crippen molar-refractivity contribution in [2.24, 2.45) is 17.8 Å². The Morgan fingerprint density at radius 3 is 2.55 bits per heavy atom. The van der Waals surface area contributed by atoms with Crippen molar-refractivity contribution >= 4 is 17.4 Å². The summed E-state index contributed by atoms with van der Waals surface area (Å²) in [4.78, 5) is 24.4. The fourth-order valence-electron chi connectivity index (χ4n) is 3.66. The third-order valence-corrected chi connectivity index (χ3v) is 4.70. The topological polar surface area (TPSA) is 46.2 Å². The summed E-state index contributed by atoms with van der Waals surface area (Å²) in [6.07, 6.45) is 4.58. The molecule has 2 aliphatic carbocycles. The van der Waals surface area contributed by atoms with Gasteiger partial charge >= 0.3 is 0 Å². The lowest BCUT2D eigenvalue weighted by atomic mass is 9.67. The van der Waals surface area contributed by atoms with Crippen molar-refractivity contribution in [1.29, 1.82) is 0 Å². The molecule has 0 unspecified atom stereocenters. The van der Waals surface area contributed by atoms with Gasteiger partial charge in [-0.3, -0.25) is 9.59 Å². The number of hydrogen-bond acceptors (Lipinski definition) is 2. The summed E-state index contributed by atoms with van der Waals surface area (Å²) in [6.45, 7) is 2.01. The van der Waals surface area contributed by atoms with Crippen LogP contribution >= 0.6 is 0 Å². The average molecular weight is 271 g/mol. The predicted octanol–water partition coefficient (Wildman–Crippen LogP) is 3.33. The van der Waals surface area contributed by atoms with Gasteiger partial charge in [0.15, 0.2) is 0 Å². The summed E-state index contributed by atoms with van der Waals surface area (Å²) in [5.41, 5.74) is 2.00. The van der Waals surface area contributed by atoms with E-state index in [9.17, 15) is 9.59 Å². The van der Waals surface area contributed by atoms with Crippen molar-refractivity contribution in [2.75, 3.05) is 5.32 Å². The molecule has 3 heteroatoms. The normalized spacial score (nSPS) is 29.1. The van der Waals surface area contributed by atoms with Crippen LogP contribution in [0.3, 0.4) is 0 Å². The first-order chi connectivity index (χ1) is 9.63. The van der Waals surface area contributed by atoms with Crippen LogP contribution in [0, 0.1) is 24.7 Å². The van der Waals surface area contributed by atoms with Crippen LogP contribution in [0.1, 0.15) is 37.7 Å². The zero-order chi connectivity index (χ0) is 14.1. The standard InChI is InChI=1S/C17H21NO2/c1-11-4-2-7-15(8-11)18-17(20)14-9-12-5-3-6-13(10-14)16(12)19/h2,4,7-8,12-14H,3,5-6,9-10H2,1H3,(H,18,20)/t12-,13-/m1/s1. The molecule has 0 radical (unpaired) electrons. The van der Waals surface area contributed by atoms with Crippen LogP contribution in [-0.4, -0.2) is 11.7 Å². The van der Waals surface area contributed by atoms with Gasteiger partial charge in [-0.1, -0.05) is 18.6 Å². The average Bonchev–Trinajstić information content (AvgIpc) is 2.38. The lowest BCUT2D eigenvalue weighted by molar-refractivity contribution is -0.136. The van der Waals surface area contributed by atoms with E-state index in [1.807, 2.05) is 31.2 Å². The molecule has 20 heavy (non-hydrogen) atoms. The monoisotopic (exact) mass is 271 g/mol. The quantitative estimate of drug-likeness (QED) is 0.896. The zero-order valence-electron chi connectivity index (χ0n) is 11.9. The van der Waals surface area contributed by atoms with E-state index in [4.69, 9.17) is 0 Å². The van der Waals surface area contributed by atoms with Gasteiger partial charge in [-0.2, -0.15) is 0 Å². The maximum atomic E-state index is 12.4. The fourth-order valence-corrected chi connectivity index (χ4v) is 3.66. The van der Waals surface area contributed by atoms with Gasteiger partial charge in [0.1, 0.15) is 5.78 Å². The van der Waals surface area contributed by atoms with Crippen molar-refractivity contribution < 1.29 is 9.59 Å². The Morgan fingerprint density at radius 2 is 1.90 bits per heavy atom. The molecule has 0 spiro atoms. The minimum absolute atomic E-state index is 0.00325. The number of Topliss-reactive ketones (excluding diaryl/α,β-unsaturated/α-hetero) is 1. The number of carbonyl (C=O) groups excluding carboxylic acids is 2. The van der Waals surface area contributed by atoms with Crippen LogP contribution in [0.15, 0.2) is 24.3 Å². The van der Waals surface area contributed by atoms with Gasteiger partial charge in [0.25, 0.3) is 0 Å². The first kappa shape index (κ1) is 13.3. The summed E-state index contributed by atoms with van der Waals surface area (Å²) in [5, 5.41) is 3.01. The maximum absolute atomic E-state index is 12.4. The molecule has 3 nitrogen and oxygen atoms in total.